The van der Waals surface area contributed by atoms with Crippen LogP contribution >= 0.6 is 24.0 Å². The van der Waals surface area contributed by atoms with Gasteiger partial charge in [0.15, 0.2) is 5.96 Å². The lowest BCUT2D eigenvalue weighted by Gasteiger charge is -2.30. The summed E-state index contributed by atoms with van der Waals surface area (Å²) in [6, 6.07) is 18.1. The van der Waals surface area contributed by atoms with E-state index < -0.39 is 5.91 Å². The topological polar surface area (TPSA) is 79.5 Å². The molecule has 0 spiro atoms. The lowest BCUT2D eigenvalue weighted by atomic mass is 9.79. The molecule has 0 aliphatic heterocycles. The quantitative estimate of drug-likeness (QED) is 0.328. The van der Waals surface area contributed by atoms with Crippen LogP contribution in [-0.2, 0) is 12.0 Å². The summed E-state index contributed by atoms with van der Waals surface area (Å²) in [4.78, 5) is 15.5. The van der Waals surface area contributed by atoms with E-state index in [9.17, 15) is 4.79 Å². The Hall–Kier alpha value is -2.09. The minimum atomic E-state index is -0.408. The van der Waals surface area contributed by atoms with Crippen LogP contribution in [0.15, 0.2) is 59.6 Å². The SMILES string of the molecule is CN=C(NCc1ccc(C(N)=O)cc1)NCC1(c2ccccc2)CCCC1.I. The summed E-state index contributed by atoms with van der Waals surface area (Å²) in [6.45, 7) is 1.51. The molecule has 1 aliphatic carbocycles. The second-order valence-electron chi connectivity index (χ2n) is 7.19. The molecule has 0 unspecified atom stereocenters. The average Bonchev–Trinajstić information content (AvgIpc) is 3.19. The van der Waals surface area contributed by atoms with Crippen LogP contribution < -0.4 is 16.4 Å². The molecular formula is C22H29IN4O. The molecule has 1 aliphatic rings. The zero-order valence-corrected chi connectivity index (χ0v) is 18.6. The Bertz CT molecular complexity index is 784. The van der Waals surface area contributed by atoms with E-state index in [-0.39, 0.29) is 29.4 Å². The zero-order chi connectivity index (χ0) is 19.1. The number of nitrogens with one attached hydrogen (secondary N) is 2. The van der Waals surface area contributed by atoms with E-state index in [0.717, 1.165) is 18.1 Å². The van der Waals surface area contributed by atoms with E-state index >= 15 is 0 Å². The van der Waals surface area contributed by atoms with E-state index in [0.29, 0.717) is 12.1 Å². The van der Waals surface area contributed by atoms with Crippen molar-refractivity contribution in [1.29, 1.82) is 0 Å². The molecule has 5 nitrogen and oxygen atoms in total. The van der Waals surface area contributed by atoms with E-state index in [4.69, 9.17) is 5.73 Å². The maximum absolute atomic E-state index is 11.2. The first kappa shape index (κ1) is 22.2. The fourth-order valence-electron chi connectivity index (χ4n) is 3.86. The number of benzene rings is 2. The molecule has 0 bridgehead atoms. The van der Waals surface area contributed by atoms with Crippen LogP contribution in [0.1, 0.15) is 47.2 Å². The number of nitrogens with zero attached hydrogens (tertiary/aromatic N) is 1. The number of hydrogen-bond acceptors (Lipinski definition) is 2. The standard InChI is InChI=1S/C22H28N4O.HI/c1-24-21(25-15-17-9-11-18(12-10-17)20(23)27)26-16-22(13-5-6-14-22)19-7-3-2-4-8-19;/h2-4,7-12H,5-6,13-16H2,1H3,(H2,23,27)(H2,24,25,26);1H. The van der Waals surface area contributed by atoms with Crippen LogP contribution in [0.4, 0.5) is 0 Å². The third-order valence-corrected chi connectivity index (χ3v) is 5.46. The van der Waals surface area contributed by atoms with Crippen molar-refractivity contribution < 1.29 is 4.79 Å². The number of amides is 1. The van der Waals surface area contributed by atoms with Gasteiger partial charge >= 0.3 is 0 Å². The largest absolute Gasteiger partial charge is 0.366 e. The molecule has 1 amide bonds. The van der Waals surface area contributed by atoms with Crippen molar-refractivity contribution in [3.05, 3.63) is 71.3 Å². The van der Waals surface area contributed by atoms with Crippen LogP contribution in [0.3, 0.4) is 0 Å². The molecule has 0 heterocycles. The molecule has 2 aromatic rings. The predicted molar refractivity (Wildman–Crippen MR) is 125 cm³/mol. The maximum atomic E-state index is 11.2. The first-order chi connectivity index (χ1) is 13.1. The molecule has 0 radical (unpaired) electrons. The summed E-state index contributed by atoms with van der Waals surface area (Å²) < 4.78 is 0. The molecule has 4 N–H and O–H groups in total. The highest BCUT2D eigenvalue weighted by atomic mass is 127. The summed E-state index contributed by atoms with van der Waals surface area (Å²) in [6.07, 6.45) is 4.95. The number of aliphatic imine (C=N–C) groups is 1. The van der Waals surface area contributed by atoms with Gasteiger partial charge in [0.2, 0.25) is 5.91 Å². The Morgan fingerprint density at radius 3 is 2.25 bits per heavy atom. The predicted octanol–water partition coefficient (Wildman–Crippen LogP) is 3.58. The second-order valence-corrected chi connectivity index (χ2v) is 7.19. The Labute approximate surface area is 184 Å². The zero-order valence-electron chi connectivity index (χ0n) is 16.3. The second kappa shape index (κ2) is 10.5. The molecule has 150 valence electrons. The summed E-state index contributed by atoms with van der Waals surface area (Å²) in [5.41, 5.74) is 8.47. The third-order valence-electron chi connectivity index (χ3n) is 5.46. The monoisotopic (exact) mass is 492 g/mol. The lowest BCUT2D eigenvalue weighted by Crippen LogP contribution is -2.44. The number of guanidine groups is 1. The van der Waals surface area contributed by atoms with Gasteiger partial charge in [0.1, 0.15) is 0 Å². The van der Waals surface area contributed by atoms with Gasteiger partial charge in [0.25, 0.3) is 0 Å². The van der Waals surface area contributed by atoms with Crippen LogP contribution in [0.5, 0.6) is 0 Å². The van der Waals surface area contributed by atoms with Crippen LogP contribution in [0, 0.1) is 0 Å². The van der Waals surface area contributed by atoms with Gasteiger partial charge in [-0.05, 0) is 36.1 Å². The average molecular weight is 492 g/mol. The number of halogens is 1. The van der Waals surface area contributed by atoms with Crippen molar-refractivity contribution in [1.82, 2.24) is 10.6 Å². The highest BCUT2D eigenvalue weighted by Gasteiger charge is 2.35. The Balaban J connectivity index is 0.00000280. The van der Waals surface area contributed by atoms with E-state index in [1.165, 1.54) is 31.2 Å². The molecule has 1 saturated carbocycles. The van der Waals surface area contributed by atoms with Gasteiger partial charge in [-0.3, -0.25) is 9.79 Å². The van der Waals surface area contributed by atoms with Crippen LogP contribution in [0.25, 0.3) is 0 Å². The molecule has 0 saturated heterocycles. The number of rotatable bonds is 6. The molecule has 3 rings (SSSR count). The molecule has 6 heteroatoms. The van der Waals surface area contributed by atoms with Crippen molar-refractivity contribution in [2.75, 3.05) is 13.6 Å². The summed E-state index contributed by atoms with van der Waals surface area (Å²) in [5, 5.41) is 6.87. The van der Waals surface area contributed by atoms with Gasteiger partial charge in [-0.15, -0.1) is 24.0 Å². The Kier molecular flexibility index (Phi) is 8.29. The summed E-state index contributed by atoms with van der Waals surface area (Å²) in [7, 11) is 1.79. The highest BCUT2D eigenvalue weighted by Crippen LogP contribution is 2.40. The number of carbonyl (C=O) groups is 1. The van der Waals surface area contributed by atoms with Gasteiger partial charge in [0, 0.05) is 31.1 Å². The number of hydrogen-bond donors (Lipinski definition) is 3. The number of carbonyl (C=O) groups excluding carboxylic acids is 1. The van der Waals surface area contributed by atoms with E-state index in [2.05, 4.69) is 46.0 Å². The van der Waals surface area contributed by atoms with E-state index in [1.807, 2.05) is 12.1 Å². The summed E-state index contributed by atoms with van der Waals surface area (Å²) >= 11 is 0. The number of primary amides is 1. The van der Waals surface area contributed by atoms with E-state index in [1.54, 1.807) is 19.2 Å². The molecule has 28 heavy (non-hydrogen) atoms. The minimum Gasteiger partial charge on any atom is -0.366 e. The van der Waals surface area contributed by atoms with Gasteiger partial charge in [-0.25, -0.2) is 0 Å². The highest BCUT2D eigenvalue weighted by molar-refractivity contribution is 14.0. The summed E-state index contributed by atoms with van der Waals surface area (Å²) in [5.74, 6) is 0.381. The molecule has 1 fully saturated rings. The third kappa shape index (κ3) is 5.47. The van der Waals surface area contributed by atoms with Crippen LogP contribution in [0.2, 0.25) is 0 Å². The molecule has 0 atom stereocenters. The van der Waals surface area contributed by atoms with Crippen molar-refractivity contribution in [2.45, 2.75) is 37.6 Å². The van der Waals surface area contributed by atoms with Crippen LogP contribution in [-0.4, -0.2) is 25.5 Å². The fourth-order valence-corrected chi connectivity index (χ4v) is 3.86. The van der Waals surface area contributed by atoms with Gasteiger partial charge in [0.05, 0.1) is 0 Å². The first-order valence-corrected chi connectivity index (χ1v) is 9.52. The molecule has 0 aromatic heterocycles. The smallest absolute Gasteiger partial charge is 0.248 e. The Morgan fingerprint density at radius 2 is 1.68 bits per heavy atom. The van der Waals surface area contributed by atoms with Crippen molar-refractivity contribution in [3.63, 3.8) is 0 Å². The van der Waals surface area contributed by atoms with Crippen molar-refractivity contribution >= 4 is 35.8 Å². The van der Waals surface area contributed by atoms with Crippen molar-refractivity contribution in [3.8, 4) is 0 Å². The van der Waals surface area contributed by atoms with Gasteiger partial charge in [-0.2, -0.15) is 0 Å². The van der Waals surface area contributed by atoms with Crippen molar-refractivity contribution in [2.24, 2.45) is 10.7 Å². The Morgan fingerprint density at radius 1 is 1.04 bits per heavy atom. The van der Waals surface area contributed by atoms with Gasteiger partial charge < -0.3 is 16.4 Å². The molecule has 2 aromatic carbocycles. The normalized spacial score (nSPS) is 15.5. The lowest BCUT2D eigenvalue weighted by molar-refractivity contribution is 0.100. The molecular weight excluding hydrogens is 463 g/mol. The maximum Gasteiger partial charge on any atom is 0.248 e. The van der Waals surface area contributed by atoms with Gasteiger partial charge in [-0.1, -0.05) is 55.3 Å². The minimum absolute atomic E-state index is 0. The number of nitrogens with two attached hydrogens (primary N) is 1. The first-order valence-electron chi connectivity index (χ1n) is 9.52. The fraction of sp³-hybridized carbons (Fsp3) is 0.364.